The number of hydrogen-bond donors (Lipinski definition) is 2. The van der Waals surface area contributed by atoms with Gasteiger partial charge in [0, 0.05) is 6.54 Å². The molecule has 1 heterocycles. The van der Waals surface area contributed by atoms with Crippen LogP contribution in [0.15, 0.2) is 24.3 Å². The Bertz CT molecular complexity index is 507. The molecule has 0 bridgehead atoms. The SMILES string of the molecule is CC(C)C(C)(CN)NC(=O)CC1OCCc2ccccc21.Cl. The van der Waals surface area contributed by atoms with Gasteiger partial charge in [0.1, 0.15) is 0 Å². The molecule has 1 aliphatic heterocycles. The van der Waals surface area contributed by atoms with Gasteiger partial charge in [-0.25, -0.2) is 0 Å². The van der Waals surface area contributed by atoms with Gasteiger partial charge in [-0.3, -0.25) is 4.79 Å². The van der Waals surface area contributed by atoms with E-state index in [9.17, 15) is 4.79 Å². The molecule has 1 amide bonds. The molecule has 2 unspecified atom stereocenters. The Labute approximate surface area is 139 Å². The molecule has 3 N–H and O–H groups in total. The molecule has 4 nitrogen and oxygen atoms in total. The first-order valence-corrected chi connectivity index (χ1v) is 7.67. The molecule has 0 radical (unpaired) electrons. The number of hydrogen-bond acceptors (Lipinski definition) is 3. The third kappa shape index (κ3) is 4.22. The topological polar surface area (TPSA) is 64.3 Å². The number of rotatable bonds is 5. The Balaban J connectivity index is 0.00000242. The Kier molecular flexibility index (Phi) is 6.85. The quantitative estimate of drug-likeness (QED) is 0.874. The van der Waals surface area contributed by atoms with E-state index in [1.165, 1.54) is 5.56 Å². The highest BCUT2D eigenvalue weighted by Crippen LogP contribution is 2.29. The van der Waals surface area contributed by atoms with Gasteiger partial charge in [-0.2, -0.15) is 0 Å². The molecule has 1 aromatic rings. The Morgan fingerprint density at radius 1 is 1.45 bits per heavy atom. The van der Waals surface area contributed by atoms with Crippen LogP contribution in [0, 0.1) is 5.92 Å². The fourth-order valence-electron chi connectivity index (χ4n) is 2.61. The summed E-state index contributed by atoms with van der Waals surface area (Å²) in [4.78, 5) is 12.4. The molecular weight excluding hydrogens is 300 g/mol. The van der Waals surface area contributed by atoms with Crippen LogP contribution in [-0.4, -0.2) is 24.6 Å². The van der Waals surface area contributed by atoms with Crippen molar-refractivity contribution in [2.75, 3.05) is 13.2 Å². The lowest BCUT2D eigenvalue weighted by Gasteiger charge is -2.34. The normalized spacial score (nSPS) is 19.8. The molecule has 124 valence electrons. The van der Waals surface area contributed by atoms with Crippen LogP contribution in [0.4, 0.5) is 0 Å². The maximum atomic E-state index is 12.4. The molecule has 0 aromatic heterocycles. The van der Waals surface area contributed by atoms with Gasteiger partial charge in [-0.05, 0) is 30.4 Å². The second kappa shape index (κ2) is 7.95. The summed E-state index contributed by atoms with van der Waals surface area (Å²) in [5.41, 5.74) is 7.87. The van der Waals surface area contributed by atoms with E-state index in [1.807, 2.05) is 19.1 Å². The summed E-state index contributed by atoms with van der Waals surface area (Å²) in [5, 5.41) is 3.08. The highest BCUT2D eigenvalue weighted by molar-refractivity contribution is 5.85. The van der Waals surface area contributed by atoms with E-state index >= 15 is 0 Å². The molecule has 22 heavy (non-hydrogen) atoms. The van der Waals surface area contributed by atoms with E-state index in [1.54, 1.807) is 0 Å². The molecule has 0 fully saturated rings. The molecular formula is C17H27ClN2O2. The molecule has 0 aliphatic carbocycles. The number of amides is 1. The number of carbonyl (C=O) groups is 1. The minimum Gasteiger partial charge on any atom is -0.373 e. The molecule has 0 saturated carbocycles. The van der Waals surface area contributed by atoms with Gasteiger partial charge < -0.3 is 15.8 Å². The van der Waals surface area contributed by atoms with Crippen LogP contribution in [0.2, 0.25) is 0 Å². The number of carbonyl (C=O) groups excluding carboxylic acids is 1. The molecule has 2 atom stereocenters. The Morgan fingerprint density at radius 3 is 2.77 bits per heavy atom. The maximum Gasteiger partial charge on any atom is 0.223 e. The summed E-state index contributed by atoms with van der Waals surface area (Å²) < 4.78 is 5.79. The predicted molar refractivity (Wildman–Crippen MR) is 91.1 cm³/mol. The minimum absolute atomic E-state index is 0. The first kappa shape index (κ1) is 18.9. The fourth-order valence-corrected chi connectivity index (χ4v) is 2.61. The average molecular weight is 327 g/mol. The van der Waals surface area contributed by atoms with Gasteiger partial charge in [-0.15, -0.1) is 12.4 Å². The van der Waals surface area contributed by atoms with Crippen LogP contribution in [0.1, 0.15) is 44.4 Å². The molecule has 5 heteroatoms. The van der Waals surface area contributed by atoms with Crippen molar-refractivity contribution in [2.45, 2.75) is 45.3 Å². The van der Waals surface area contributed by atoms with Crippen LogP contribution >= 0.6 is 12.4 Å². The van der Waals surface area contributed by atoms with Crippen LogP contribution in [0.5, 0.6) is 0 Å². The van der Waals surface area contributed by atoms with Crippen molar-refractivity contribution in [1.82, 2.24) is 5.32 Å². The number of nitrogens with one attached hydrogen (secondary N) is 1. The van der Waals surface area contributed by atoms with Crippen LogP contribution in [0.3, 0.4) is 0 Å². The summed E-state index contributed by atoms with van der Waals surface area (Å²) in [7, 11) is 0. The second-order valence-electron chi connectivity index (χ2n) is 6.34. The lowest BCUT2D eigenvalue weighted by molar-refractivity contribution is -0.126. The predicted octanol–water partition coefficient (Wildman–Crippen LogP) is 2.60. The van der Waals surface area contributed by atoms with E-state index in [0.29, 0.717) is 19.6 Å². The summed E-state index contributed by atoms with van der Waals surface area (Å²) in [6, 6.07) is 8.19. The smallest absolute Gasteiger partial charge is 0.223 e. The standard InChI is InChI=1S/C17H26N2O2.ClH/c1-12(2)17(3,11-18)19-16(20)10-15-14-7-5-4-6-13(14)8-9-21-15;/h4-7,12,15H,8-11,18H2,1-3H3,(H,19,20);1H. The number of ether oxygens (including phenoxy) is 1. The number of benzene rings is 1. The van der Waals surface area contributed by atoms with E-state index < -0.39 is 0 Å². The van der Waals surface area contributed by atoms with Gasteiger partial charge >= 0.3 is 0 Å². The highest BCUT2D eigenvalue weighted by atomic mass is 35.5. The molecule has 0 spiro atoms. The van der Waals surface area contributed by atoms with Gasteiger partial charge in [0.2, 0.25) is 5.91 Å². The van der Waals surface area contributed by atoms with Gasteiger partial charge in [0.15, 0.2) is 0 Å². The second-order valence-corrected chi connectivity index (χ2v) is 6.34. The maximum absolute atomic E-state index is 12.4. The monoisotopic (exact) mass is 326 g/mol. The van der Waals surface area contributed by atoms with Crippen LogP contribution < -0.4 is 11.1 Å². The van der Waals surface area contributed by atoms with Crippen molar-refractivity contribution < 1.29 is 9.53 Å². The zero-order valence-electron chi connectivity index (χ0n) is 13.6. The minimum atomic E-state index is -0.370. The van der Waals surface area contributed by atoms with Gasteiger partial charge in [0.05, 0.1) is 24.7 Å². The summed E-state index contributed by atoms with van der Waals surface area (Å²) in [5.74, 6) is 0.282. The molecule has 0 saturated heterocycles. The third-order valence-electron chi connectivity index (χ3n) is 4.59. The molecule has 1 aromatic carbocycles. The van der Waals surface area contributed by atoms with Crippen molar-refractivity contribution in [3.63, 3.8) is 0 Å². The molecule has 1 aliphatic rings. The van der Waals surface area contributed by atoms with E-state index in [4.69, 9.17) is 10.5 Å². The van der Waals surface area contributed by atoms with E-state index in [-0.39, 0.29) is 35.9 Å². The van der Waals surface area contributed by atoms with E-state index in [0.717, 1.165) is 12.0 Å². The summed E-state index contributed by atoms with van der Waals surface area (Å²) in [6.07, 6.45) is 1.12. The number of halogens is 1. The van der Waals surface area contributed by atoms with Crippen molar-refractivity contribution in [2.24, 2.45) is 11.7 Å². The Hall–Kier alpha value is -1.10. The first-order chi connectivity index (χ1) is 9.96. The summed E-state index contributed by atoms with van der Waals surface area (Å²) >= 11 is 0. The number of fused-ring (bicyclic) bond motifs is 1. The zero-order valence-corrected chi connectivity index (χ0v) is 14.4. The van der Waals surface area contributed by atoms with Crippen molar-refractivity contribution in [3.05, 3.63) is 35.4 Å². The zero-order chi connectivity index (χ0) is 15.5. The lowest BCUT2D eigenvalue weighted by Crippen LogP contribution is -2.55. The van der Waals surface area contributed by atoms with Crippen LogP contribution in [-0.2, 0) is 16.0 Å². The van der Waals surface area contributed by atoms with E-state index in [2.05, 4.69) is 31.3 Å². The van der Waals surface area contributed by atoms with Gasteiger partial charge in [0.25, 0.3) is 0 Å². The Morgan fingerprint density at radius 2 is 2.14 bits per heavy atom. The van der Waals surface area contributed by atoms with Crippen molar-refractivity contribution in [1.29, 1.82) is 0 Å². The van der Waals surface area contributed by atoms with Gasteiger partial charge in [-0.1, -0.05) is 38.1 Å². The summed E-state index contributed by atoms with van der Waals surface area (Å²) in [6.45, 7) is 7.23. The number of nitrogens with two attached hydrogens (primary N) is 1. The molecule has 2 rings (SSSR count). The van der Waals surface area contributed by atoms with Crippen molar-refractivity contribution in [3.8, 4) is 0 Å². The first-order valence-electron chi connectivity index (χ1n) is 7.67. The largest absolute Gasteiger partial charge is 0.373 e. The van der Waals surface area contributed by atoms with Crippen LogP contribution in [0.25, 0.3) is 0 Å². The fraction of sp³-hybridized carbons (Fsp3) is 0.588. The third-order valence-corrected chi connectivity index (χ3v) is 4.59. The highest BCUT2D eigenvalue weighted by Gasteiger charge is 2.30. The van der Waals surface area contributed by atoms with Crippen molar-refractivity contribution >= 4 is 18.3 Å². The lowest BCUT2D eigenvalue weighted by atomic mass is 9.88. The average Bonchev–Trinajstić information content (AvgIpc) is 2.47.